The summed E-state index contributed by atoms with van der Waals surface area (Å²) < 4.78 is 12.9. The summed E-state index contributed by atoms with van der Waals surface area (Å²) in [5.74, 6) is 0.982. The lowest BCUT2D eigenvalue weighted by Gasteiger charge is -2.37. The van der Waals surface area contributed by atoms with E-state index < -0.39 is 0 Å². The van der Waals surface area contributed by atoms with Crippen LogP contribution in [0.15, 0.2) is 54.6 Å². The smallest absolute Gasteiger partial charge is 0.123 e. The van der Waals surface area contributed by atoms with Gasteiger partial charge in [0.2, 0.25) is 0 Å². The maximum atomic E-state index is 12.9. The number of benzene rings is 2. The maximum absolute atomic E-state index is 12.9. The molecule has 1 N–H and O–H groups in total. The minimum atomic E-state index is -0.149. The monoisotopic (exact) mass is 283 g/mol. The predicted octanol–water partition coefficient (Wildman–Crippen LogP) is 4.47. The Morgan fingerprint density at radius 3 is 2.38 bits per heavy atom. The van der Waals surface area contributed by atoms with E-state index in [4.69, 9.17) is 0 Å². The Morgan fingerprint density at radius 2 is 1.71 bits per heavy atom. The van der Waals surface area contributed by atoms with Gasteiger partial charge in [-0.25, -0.2) is 4.39 Å². The summed E-state index contributed by atoms with van der Waals surface area (Å²) in [7, 11) is 0. The van der Waals surface area contributed by atoms with Crippen molar-refractivity contribution < 1.29 is 4.39 Å². The van der Waals surface area contributed by atoms with Crippen molar-refractivity contribution in [3.8, 4) is 0 Å². The molecule has 21 heavy (non-hydrogen) atoms. The first-order valence-corrected chi connectivity index (χ1v) is 7.76. The third-order valence-corrected chi connectivity index (χ3v) is 4.56. The standard InChI is InChI=1S/C19H22FN/c1-14(15-5-3-2-4-6-15)13-21-19-11-17(12-19)16-7-9-18(20)10-8-16/h2-10,14,17,19,21H,11-13H2,1H3. The molecule has 0 aromatic heterocycles. The molecule has 1 aliphatic rings. The third kappa shape index (κ3) is 3.51. The van der Waals surface area contributed by atoms with Gasteiger partial charge in [0.15, 0.2) is 0 Å². The maximum Gasteiger partial charge on any atom is 0.123 e. The molecule has 1 aliphatic carbocycles. The van der Waals surface area contributed by atoms with Gasteiger partial charge in [0, 0.05) is 12.6 Å². The van der Waals surface area contributed by atoms with Gasteiger partial charge in [-0.2, -0.15) is 0 Å². The first-order valence-electron chi connectivity index (χ1n) is 7.76. The van der Waals surface area contributed by atoms with Crippen molar-refractivity contribution in [2.75, 3.05) is 6.54 Å². The van der Waals surface area contributed by atoms with Crippen LogP contribution in [0.3, 0.4) is 0 Å². The van der Waals surface area contributed by atoms with E-state index in [1.807, 2.05) is 12.1 Å². The molecule has 2 aromatic rings. The summed E-state index contributed by atoms with van der Waals surface area (Å²) in [4.78, 5) is 0. The Hall–Kier alpha value is -1.67. The van der Waals surface area contributed by atoms with Crippen LogP contribution in [0.2, 0.25) is 0 Å². The summed E-state index contributed by atoms with van der Waals surface area (Å²) in [6.45, 7) is 3.28. The minimum absolute atomic E-state index is 0.149. The highest BCUT2D eigenvalue weighted by Crippen LogP contribution is 2.37. The van der Waals surface area contributed by atoms with Crippen LogP contribution in [0.1, 0.15) is 42.7 Å². The second-order valence-corrected chi connectivity index (χ2v) is 6.14. The lowest BCUT2D eigenvalue weighted by Crippen LogP contribution is -2.41. The van der Waals surface area contributed by atoms with Gasteiger partial charge in [0.1, 0.15) is 5.82 Å². The molecular formula is C19H22FN. The first-order chi connectivity index (χ1) is 10.2. The lowest BCUT2D eigenvalue weighted by molar-refractivity contribution is 0.287. The molecule has 0 spiro atoms. The Balaban J connectivity index is 1.44. The highest BCUT2D eigenvalue weighted by atomic mass is 19.1. The van der Waals surface area contributed by atoms with Gasteiger partial charge in [-0.05, 0) is 47.9 Å². The summed E-state index contributed by atoms with van der Waals surface area (Å²) in [5, 5.41) is 3.65. The van der Waals surface area contributed by atoms with Gasteiger partial charge in [-0.15, -0.1) is 0 Å². The van der Waals surface area contributed by atoms with Gasteiger partial charge in [0.25, 0.3) is 0 Å². The molecule has 2 heteroatoms. The molecule has 1 fully saturated rings. The average molecular weight is 283 g/mol. The van der Waals surface area contributed by atoms with Crippen molar-refractivity contribution in [3.63, 3.8) is 0 Å². The van der Waals surface area contributed by atoms with Crippen molar-refractivity contribution in [2.24, 2.45) is 0 Å². The second kappa shape index (κ2) is 6.40. The molecule has 0 bridgehead atoms. The van der Waals surface area contributed by atoms with Crippen molar-refractivity contribution >= 4 is 0 Å². The molecule has 1 atom stereocenters. The fourth-order valence-corrected chi connectivity index (χ4v) is 3.03. The normalized spacial score (nSPS) is 22.6. The van der Waals surface area contributed by atoms with Gasteiger partial charge >= 0.3 is 0 Å². The Bertz CT molecular complexity index is 558. The highest BCUT2D eigenvalue weighted by molar-refractivity contribution is 5.24. The zero-order chi connectivity index (χ0) is 14.7. The van der Waals surface area contributed by atoms with E-state index in [0.29, 0.717) is 17.9 Å². The summed E-state index contributed by atoms with van der Waals surface area (Å²) in [5.41, 5.74) is 2.66. The Labute approximate surface area is 126 Å². The van der Waals surface area contributed by atoms with Crippen molar-refractivity contribution in [1.82, 2.24) is 5.32 Å². The topological polar surface area (TPSA) is 12.0 Å². The molecule has 0 saturated heterocycles. The van der Waals surface area contributed by atoms with E-state index in [9.17, 15) is 4.39 Å². The fraction of sp³-hybridized carbons (Fsp3) is 0.368. The van der Waals surface area contributed by atoms with E-state index in [-0.39, 0.29) is 5.82 Å². The van der Waals surface area contributed by atoms with Gasteiger partial charge < -0.3 is 5.32 Å². The molecule has 1 saturated carbocycles. The molecule has 0 aliphatic heterocycles. The Morgan fingerprint density at radius 1 is 1.05 bits per heavy atom. The number of halogens is 1. The van der Waals surface area contributed by atoms with Crippen LogP contribution in [-0.2, 0) is 0 Å². The number of hydrogen-bond acceptors (Lipinski definition) is 1. The van der Waals surface area contributed by atoms with Gasteiger partial charge in [-0.3, -0.25) is 0 Å². The van der Waals surface area contributed by atoms with Crippen LogP contribution >= 0.6 is 0 Å². The molecule has 110 valence electrons. The van der Waals surface area contributed by atoms with Crippen LogP contribution < -0.4 is 5.32 Å². The van der Waals surface area contributed by atoms with Crippen molar-refractivity contribution in [3.05, 3.63) is 71.5 Å². The average Bonchev–Trinajstić information content (AvgIpc) is 2.48. The van der Waals surface area contributed by atoms with Crippen LogP contribution in [0.5, 0.6) is 0 Å². The summed E-state index contributed by atoms with van der Waals surface area (Å²) in [6.07, 6.45) is 2.32. The minimum Gasteiger partial charge on any atom is -0.313 e. The van der Waals surface area contributed by atoms with Crippen LogP contribution in [0.25, 0.3) is 0 Å². The zero-order valence-electron chi connectivity index (χ0n) is 12.4. The number of nitrogens with one attached hydrogen (secondary N) is 1. The first kappa shape index (κ1) is 14.3. The number of rotatable bonds is 5. The third-order valence-electron chi connectivity index (χ3n) is 4.56. The highest BCUT2D eigenvalue weighted by Gasteiger charge is 2.30. The van der Waals surface area contributed by atoms with Gasteiger partial charge in [-0.1, -0.05) is 49.4 Å². The summed E-state index contributed by atoms with van der Waals surface area (Å²) in [6, 6.07) is 18.2. The molecule has 3 rings (SSSR count). The second-order valence-electron chi connectivity index (χ2n) is 6.14. The molecule has 0 heterocycles. The van der Waals surface area contributed by atoms with E-state index in [2.05, 4.69) is 42.6 Å². The van der Waals surface area contributed by atoms with Crippen LogP contribution in [-0.4, -0.2) is 12.6 Å². The lowest BCUT2D eigenvalue weighted by atomic mass is 9.75. The molecule has 1 unspecified atom stereocenters. The zero-order valence-corrected chi connectivity index (χ0v) is 12.4. The molecular weight excluding hydrogens is 261 g/mol. The molecule has 0 radical (unpaired) electrons. The summed E-state index contributed by atoms with van der Waals surface area (Å²) >= 11 is 0. The SMILES string of the molecule is CC(CNC1CC(c2ccc(F)cc2)C1)c1ccccc1. The quantitative estimate of drug-likeness (QED) is 0.854. The van der Waals surface area contributed by atoms with E-state index in [1.54, 1.807) is 12.1 Å². The van der Waals surface area contributed by atoms with Crippen LogP contribution in [0, 0.1) is 5.82 Å². The molecule has 0 amide bonds. The largest absolute Gasteiger partial charge is 0.313 e. The predicted molar refractivity (Wildman–Crippen MR) is 85.0 cm³/mol. The van der Waals surface area contributed by atoms with Crippen molar-refractivity contribution in [1.29, 1.82) is 0 Å². The fourth-order valence-electron chi connectivity index (χ4n) is 3.03. The van der Waals surface area contributed by atoms with E-state index >= 15 is 0 Å². The molecule has 1 nitrogen and oxygen atoms in total. The van der Waals surface area contributed by atoms with Gasteiger partial charge in [0.05, 0.1) is 0 Å². The van der Waals surface area contributed by atoms with E-state index in [0.717, 1.165) is 19.4 Å². The van der Waals surface area contributed by atoms with E-state index in [1.165, 1.54) is 11.1 Å². The molecule has 2 aromatic carbocycles. The Kier molecular flexibility index (Phi) is 4.35. The van der Waals surface area contributed by atoms with Crippen LogP contribution in [0.4, 0.5) is 4.39 Å². The number of hydrogen-bond donors (Lipinski definition) is 1. The van der Waals surface area contributed by atoms with Crippen molar-refractivity contribution in [2.45, 2.75) is 37.6 Å².